The number of ketones is 1. The second-order valence-electron chi connectivity index (χ2n) is 4.76. The smallest absolute Gasteiger partial charge is 0.166 e. The van der Waals surface area contributed by atoms with Gasteiger partial charge >= 0.3 is 0 Å². The van der Waals surface area contributed by atoms with E-state index in [1.807, 2.05) is 26.0 Å². The molecule has 0 radical (unpaired) electrons. The molecule has 2 atom stereocenters. The SMILES string of the molecule is CC.CCC1C(=O)c2cccc3c2C1CCC3. The average Bonchev–Trinajstić information content (AvgIpc) is 2.68. The van der Waals surface area contributed by atoms with Crippen molar-refractivity contribution in [3.8, 4) is 0 Å². The molecule has 2 aliphatic rings. The lowest BCUT2D eigenvalue weighted by Gasteiger charge is -2.24. The van der Waals surface area contributed by atoms with E-state index in [0.717, 1.165) is 12.0 Å². The summed E-state index contributed by atoms with van der Waals surface area (Å²) in [7, 11) is 0. The van der Waals surface area contributed by atoms with Crippen LogP contribution < -0.4 is 0 Å². The summed E-state index contributed by atoms with van der Waals surface area (Å²) in [6.07, 6.45) is 4.64. The fourth-order valence-electron chi connectivity index (χ4n) is 3.40. The molecule has 1 aromatic rings. The Morgan fingerprint density at radius 2 is 2.06 bits per heavy atom. The fourth-order valence-corrected chi connectivity index (χ4v) is 3.40. The molecule has 0 bridgehead atoms. The first-order chi connectivity index (χ1) is 8.33. The van der Waals surface area contributed by atoms with Crippen molar-refractivity contribution in [1.82, 2.24) is 0 Å². The third kappa shape index (κ3) is 1.82. The molecule has 0 spiro atoms. The van der Waals surface area contributed by atoms with Crippen LogP contribution in [0.25, 0.3) is 0 Å². The van der Waals surface area contributed by atoms with Crippen molar-refractivity contribution in [3.63, 3.8) is 0 Å². The number of benzene rings is 1. The molecular weight excluding hydrogens is 208 g/mol. The molecule has 0 aromatic heterocycles. The number of Topliss-reactive ketones (excluding diaryl/α,β-unsaturated/α-hetero) is 1. The van der Waals surface area contributed by atoms with Gasteiger partial charge < -0.3 is 0 Å². The van der Waals surface area contributed by atoms with Gasteiger partial charge in [0.2, 0.25) is 0 Å². The third-order valence-electron chi connectivity index (χ3n) is 4.06. The summed E-state index contributed by atoms with van der Waals surface area (Å²) in [4.78, 5) is 12.2. The van der Waals surface area contributed by atoms with Crippen LogP contribution in [0.3, 0.4) is 0 Å². The minimum atomic E-state index is 0.279. The van der Waals surface area contributed by atoms with Crippen LogP contribution in [0.4, 0.5) is 0 Å². The minimum absolute atomic E-state index is 0.279. The largest absolute Gasteiger partial charge is 0.294 e. The second-order valence-corrected chi connectivity index (χ2v) is 4.76. The quantitative estimate of drug-likeness (QED) is 0.700. The lowest BCUT2D eigenvalue weighted by atomic mass is 9.79. The van der Waals surface area contributed by atoms with Gasteiger partial charge in [-0.15, -0.1) is 0 Å². The number of carbonyl (C=O) groups is 1. The number of rotatable bonds is 1. The number of hydrogen-bond acceptors (Lipinski definition) is 1. The molecule has 1 aromatic carbocycles. The Morgan fingerprint density at radius 1 is 1.29 bits per heavy atom. The van der Waals surface area contributed by atoms with Crippen molar-refractivity contribution < 1.29 is 4.79 Å². The highest BCUT2D eigenvalue weighted by Gasteiger charge is 2.40. The molecule has 17 heavy (non-hydrogen) atoms. The Kier molecular flexibility index (Phi) is 3.66. The highest BCUT2D eigenvalue weighted by atomic mass is 16.1. The predicted octanol–water partition coefficient (Wildman–Crippen LogP) is 4.36. The summed E-state index contributed by atoms with van der Waals surface area (Å²) in [5.41, 5.74) is 3.87. The van der Waals surface area contributed by atoms with Crippen LogP contribution in [0.1, 0.15) is 67.4 Å². The van der Waals surface area contributed by atoms with Gasteiger partial charge in [0.1, 0.15) is 0 Å². The number of hydrogen-bond donors (Lipinski definition) is 0. The standard InChI is InChI=1S/C14H16O.C2H6/c1-2-10-11-7-3-5-9-6-4-8-12(13(9)11)14(10)15;1-2/h4,6,8,10-11H,2-3,5,7H2,1H3;1-2H3. The van der Waals surface area contributed by atoms with E-state index in [9.17, 15) is 4.79 Å². The van der Waals surface area contributed by atoms with Gasteiger partial charge in [-0.25, -0.2) is 0 Å². The van der Waals surface area contributed by atoms with E-state index < -0.39 is 0 Å². The van der Waals surface area contributed by atoms with Crippen molar-refractivity contribution in [2.75, 3.05) is 0 Å². The summed E-state index contributed by atoms with van der Waals surface area (Å²) in [5.74, 6) is 1.23. The topological polar surface area (TPSA) is 17.1 Å². The molecule has 2 unspecified atom stereocenters. The maximum absolute atomic E-state index is 12.2. The Balaban J connectivity index is 0.000000514. The van der Waals surface area contributed by atoms with Gasteiger partial charge in [-0.05, 0) is 42.7 Å². The summed E-state index contributed by atoms with van der Waals surface area (Å²) in [6, 6.07) is 6.28. The van der Waals surface area contributed by atoms with Gasteiger partial charge in [0, 0.05) is 11.5 Å². The third-order valence-corrected chi connectivity index (χ3v) is 4.06. The Hall–Kier alpha value is -1.11. The van der Waals surface area contributed by atoms with E-state index in [2.05, 4.69) is 13.0 Å². The van der Waals surface area contributed by atoms with Crippen LogP contribution in [-0.2, 0) is 6.42 Å². The molecular formula is C16H22O. The van der Waals surface area contributed by atoms with E-state index in [-0.39, 0.29) is 5.92 Å². The highest BCUT2D eigenvalue weighted by Crippen LogP contribution is 2.46. The summed E-state index contributed by atoms with van der Waals surface area (Å²) in [5, 5.41) is 0. The first kappa shape index (κ1) is 12.3. The van der Waals surface area contributed by atoms with Gasteiger partial charge in [-0.3, -0.25) is 4.79 Å². The molecule has 1 heteroatoms. The molecule has 1 nitrogen and oxygen atoms in total. The van der Waals surface area contributed by atoms with Gasteiger partial charge in [0.25, 0.3) is 0 Å². The second kappa shape index (κ2) is 5.03. The molecule has 0 N–H and O–H groups in total. The molecule has 2 aliphatic carbocycles. The summed E-state index contributed by atoms with van der Waals surface area (Å²) in [6.45, 7) is 6.14. The molecule has 0 aliphatic heterocycles. The van der Waals surface area contributed by atoms with Crippen LogP contribution in [0, 0.1) is 5.92 Å². The molecule has 0 amide bonds. The van der Waals surface area contributed by atoms with E-state index >= 15 is 0 Å². The van der Waals surface area contributed by atoms with Gasteiger partial charge in [0.05, 0.1) is 0 Å². The van der Waals surface area contributed by atoms with E-state index in [1.54, 1.807) is 0 Å². The van der Waals surface area contributed by atoms with Gasteiger partial charge in [-0.2, -0.15) is 0 Å². The summed E-state index contributed by atoms with van der Waals surface area (Å²) < 4.78 is 0. The summed E-state index contributed by atoms with van der Waals surface area (Å²) >= 11 is 0. The van der Waals surface area contributed by atoms with E-state index in [4.69, 9.17) is 0 Å². The van der Waals surface area contributed by atoms with Gasteiger partial charge in [-0.1, -0.05) is 39.0 Å². The zero-order valence-electron chi connectivity index (χ0n) is 11.1. The molecule has 0 heterocycles. The lowest BCUT2D eigenvalue weighted by molar-refractivity contribution is 0.0917. The van der Waals surface area contributed by atoms with Crippen molar-refractivity contribution in [2.45, 2.75) is 52.4 Å². The minimum Gasteiger partial charge on any atom is -0.294 e. The van der Waals surface area contributed by atoms with Crippen LogP contribution >= 0.6 is 0 Å². The first-order valence-electron chi connectivity index (χ1n) is 6.99. The van der Waals surface area contributed by atoms with Crippen LogP contribution in [0.5, 0.6) is 0 Å². The maximum atomic E-state index is 12.2. The molecule has 0 fully saturated rings. The monoisotopic (exact) mass is 230 g/mol. The molecule has 92 valence electrons. The fraction of sp³-hybridized carbons (Fsp3) is 0.562. The van der Waals surface area contributed by atoms with Crippen molar-refractivity contribution in [2.24, 2.45) is 5.92 Å². The lowest BCUT2D eigenvalue weighted by Crippen LogP contribution is -2.15. The number of aryl methyl sites for hydroxylation is 1. The molecule has 3 rings (SSSR count). The Morgan fingerprint density at radius 3 is 2.76 bits per heavy atom. The normalized spacial score (nSPS) is 25.0. The Bertz CT molecular complexity index is 420. The Labute approximate surface area is 104 Å². The van der Waals surface area contributed by atoms with Gasteiger partial charge in [0.15, 0.2) is 5.78 Å². The average molecular weight is 230 g/mol. The highest BCUT2D eigenvalue weighted by molar-refractivity contribution is 6.03. The maximum Gasteiger partial charge on any atom is 0.166 e. The van der Waals surface area contributed by atoms with Crippen molar-refractivity contribution in [3.05, 3.63) is 34.9 Å². The molecule has 0 saturated heterocycles. The zero-order chi connectivity index (χ0) is 12.4. The number of carbonyl (C=O) groups excluding carboxylic acids is 1. The first-order valence-corrected chi connectivity index (χ1v) is 6.99. The van der Waals surface area contributed by atoms with E-state index in [1.165, 1.54) is 30.4 Å². The van der Waals surface area contributed by atoms with Crippen LogP contribution in [0.2, 0.25) is 0 Å². The predicted molar refractivity (Wildman–Crippen MR) is 71.6 cm³/mol. The van der Waals surface area contributed by atoms with Crippen molar-refractivity contribution in [1.29, 1.82) is 0 Å². The van der Waals surface area contributed by atoms with Crippen LogP contribution in [-0.4, -0.2) is 5.78 Å². The molecule has 0 saturated carbocycles. The zero-order valence-corrected chi connectivity index (χ0v) is 11.1. The van der Waals surface area contributed by atoms with Crippen molar-refractivity contribution >= 4 is 5.78 Å². The van der Waals surface area contributed by atoms with E-state index in [0.29, 0.717) is 11.7 Å². The van der Waals surface area contributed by atoms with Crippen LogP contribution in [0.15, 0.2) is 18.2 Å².